The maximum atomic E-state index is 13.0. The number of amides is 2. The number of carbonyl (C=O) groups is 2. The molecule has 0 saturated carbocycles. The quantitative estimate of drug-likeness (QED) is 0.455. The molecule has 1 fully saturated rings. The number of nitrogens with zero attached hydrogens (tertiary/aromatic N) is 3. The summed E-state index contributed by atoms with van der Waals surface area (Å²) < 4.78 is 7.41. The number of ether oxygens (including phenoxy) is 1. The number of carbonyl (C=O) groups excluding carboxylic acids is 2. The Balaban J connectivity index is 1.20. The Labute approximate surface area is 204 Å². The first kappa shape index (κ1) is 22.7. The van der Waals surface area contributed by atoms with Gasteiger partial charge in [0.25, 0.3) is 5.91 Å². The minimum Gasteiger partial charge on any atom is -0.445 e. The van der Waals surface area contributed by atoms with Crippen molar-refractivity contribution in [3.8, 4) is 11.3 Å². The van der Waals surface area contributed by atoms with Gasteiger partial charge in [-0.15, -0.1) is 0 Å². The number of piperidine rings is 1. The molecule has 1 aliphatic rings. The van der Waals surface area contributed by atoms with Gasteiger partial charge in [0, 0.05) is 30.9 Å². The number of benzene rings is 2. The van der Waals surface area contributed by atoms with Gasteiger partial charge in [-0.25, -0.2) is 9.78 Å². The fourth-order valence-corrected chi connectivity index (χ4v) is 4.53. The number of aryl methyl sites for hydroxylation is 1. The number of aromatic nitrogens is 2. The maximum Gasteiger partial charge on any atom is 0.410 e. The Morgan fingerprint density at radius 1 is 0.971 bits per heavy atom. The molecule has 178 valence electrons. The van der Waals surface area contributed by atoms with E-state index in [2.05, 4.69) is 10.3 Å². The zero-order valence-electron chi connectivity index (χ0n) is 19.7. The number of pyridine rings is 1. The first-order valence-corrected chi connectivity index (χ1v) is 11.9. The maximum absolute atomic E-state index is 13.0. The molecule has 0 radical (unpaired) electrons. The van der Waals surface area contributed by atoms with Crippen molar-refractivity contribution in [1.82, 2.24) is 19.6 Å². The Bertz CT molecular complexity index is 1330. The number of hydrogen-bond donors (Lipinski definition) is 1. The fourth-order valence-electron chi connectivity index (χ4n) is 4.53. The molecule has 5 rings (SSSR count). The molecular formula is C28H28N4O3. The van der Waals surface area contributed by atoms with E-state index in [1.165, 1.54) is 0 Å². The molecule has 1 saturated heterocycles. The molecule has 2 aromatic carbocycles. The Kier molecular flexibility index (Phi) is 6.48. The van der Waals surface area contributed by atoms with Crippen molar-refractivity contribution < 1.29 is 14.3 Å². The van der Waals surface area contributed by atoms with E-state index >= 15 is 0 Å². The van der Waals surface area contributed by atoms with Gasteiger partial charge in [0.1, 0.15) is 12.3 Å². The van der Waals surface area contributed by atoms with Crippen molar-refractivity contribution in [2.24, 2.45) is 0 Å². The van der Waals surface area contributed by atoms with Crippen molar-refractivity contribution >= 4 is 17.6 Å². The lowest BCUT2D eigenvalue weighted by Gasteiger charge is -2.31. The predicted octanol–water partition coefficient (Wildman–Crippen LogP) is 4.84. The highest BCUT2D eigenvalue weighted by molar-refractivity contribution is 5.94. The summed E-state index contributed by atoms with van der Waals surface area (Å²) in [6, 6.07) is 23.4. The van der Waals surface area contributed by atoms with E-state index in [1.807, 2.05) is 90.3 Å². The van der Waals surface area contributed by atoms with Crippen LogP contribution in [0, 0.1) is 6.92 Å². The second kappa shape index (κ2) is 10.0. The minimum absolute atomic E-state index is 0.00878. The first-order valence-electron chi connectivity index (χ1n) is 11.9. The van der Waals surface area contributed by atoms with E-state index in [0.717, 1.165) is 28.2 Å². The van der Waals surface area contributed by atoms with Crippen LogP contribution in [0.1, 0.15) is 34.5 Å². The zero-order valence-corrected chi connectivity index (χ0v) is 19.7. The summed E-state index contributed by atoms with van der Waals surface area (Å²) in [6.07, 6.45) is 2.91. The van der Waals surface area contributed by atoms with E-state index in [0.29, 0.717) is 31.5 Å². The molecule has 0 aliphatic carbocycles. The van der Waals surface area contributed by atoms with Crippen LogP contribution in [0.5, 0.6) is 0 Å². The zero-order chi connectivity index (χ0) is 24.2. The summed E-state index contributed by atoms with van der Waals surface area (Å²) in [4.78, 5) is 31.8. The normalized spacial score (nSPS) is 14.1. The summed E-state index contributed by atoms with van der Waals surface area (Å²) in [7, 11) is 0. The van der Waals surface area contributed by atoms with Crippen LogP contribution in [0.3, 0.4) is 0 Å². The third kappa shape index (κ3) is 5.04. The second-order valence-corrected chi connectivity index (χ2v) is 8.83. The average molecular weight is 469 g/mol. The van der Waals surface area contributed by atoms with Gasteiger partial charge in [0.05, 0.1) is 17.0 Å². The van der Waals surface area contributed by atoms with Crippen LogP contribution in [0.2, 0.25) is 0 Å². The standard InChI is InChI=1S/C28H28N4O3/c1-20-26(22-10-6-3-7-11-22)32-18-23(12-13-25(32)29-20)27(33)30-24-14-16-31(17-15-24)28(34)35-19-21-8-4-2-5-9-21/h2-13,18,24H,14-17,19H2,1H3,(H,30,33). The number of rotatable bonds is 5. The lowest BCUT2D eigenvalue weighted by molar-refractivity contribution is 0.0809. The largest absolute Gasteiger partial charge is 0.445 e. The van der Waals surface area contributed by atoms with Crippen LogP contribution in [0.25, 0.3) is 16.9 Å². The number of hydrogen-bond acceptors (Lipinski definition) is 4. The minimum atomic E-state index is -0.312. The molecule has 7 heteroatoms. The SMILES string of the molecule is Cc1nc2ccc(C(=O)NC3CCN(C(=O)OCc4ccccc4)CC3)cn2c1-c1ccccc1. The number of likely N-dealkylation sites (tertiary alicyclic amines) is 1. The van der Waals surface area contributed by atoms with Gasteiger partial charge >= 0.3 is 6.09 Å². The number of fused-ring (bicyclic) bond motifs is 1. The van der Waals surface area contributed by atoms with Crippen molar-refractivity contribution in [3.05, 3.63) is 95.8 Å². The highest BCUT2D eigenvalue weighted by atomic mass is 16.6. The Morgan fingerprint density at radius 3 is 2.37 bits per heavy atom. The number of nitrogens with one attached hydrogen (secondary N) is 1. The highest BCUT2D eigenvalue weighted by Crippen LogP contribution is 2.25. The molecule has 1 N–H and O–H groups in total. The van der Waals surface area contributed by atoms with Gasteiger partial charge in [-0.2, -0.15) is 0 Å². The van der Waals surface area contributed by atoms with Crippen molar-refractivity contribution in [2.75, 3.05) is 13.1 Å². The van der Waals surface area contributed by atoms with Crippen LogP contribution < -0.4 is 5.32 Å². The molecule has 35 heavy (non-hydrogen) atoms. The van der Waals surface area contributed by atoms with Crippen LogP contribution in [0.15, 0.2) is 79.0 Å². The monoisotopic (exact) mass is 468 g/mol. The molecule has 7 nitrogen and oxygen atoms in total. The molecule has 4 aromatic rings. The van der Waals surface area contributed by atoms with Crippen molar-refractivity contribution in [2.45, 2.75) is 32.4 Å². The summed E-state index contributed by atoms with van der Waals surface area (Å²) in [5.74, 6) is -0.123. The van der Waals surface area contributed by atoms with Crippen LogP contribution in [-0.4, -0.2) is 45.4 Å². The molecule has 0 atom stereocenters. The number of imidazole rings is 1. The van der Waals surface area contributed by atoms with E-state index in [-0.39, 0.29) is 24.6 Å². The van der Waals surface area contributed by atoms with E-state index < -0.39 is 0 Å². The topological polar surface area (TPSA) is 75.9 Å². The molecule has 1 aliphatic heterocycles. The molecule has 3 heterocycles. The summed E-state index contributed by atoms with van der Waals surface area (Å²) >= 11 is 0. The second-order valence-electron chi connectivity index (χ2n) is 8.83. The van der Waals surface area contributed by atoms with E-state index in [9.17, 15) is 9.59 Å². The van der Waals surface area contributed by atoms with E-state index in [1.54, 1.807) is 4.90 Å². The van der Waals surface area contributed by atoms with Crippen molar-refractivity contribution in [1.29, 1.82) is 0 Å². The molecule has 2 amide bonds. The Morgan fingerprint density at radius 2 is 1.66 bits per heavy atom. The third-order valence-electron chi connectivity index (χ3n) is 6.40. The van der Waals surface area contributed by atoms with Crippen LogP contribution in [0.4, 0.5) is 4.79 Å². The summed E-state index contributed by atoms with van der Waals surface area (Å²) in [6.45, 7) is 3.35. The fraction of sp³-hybridized carbons (Fsp3) is 0.250. The Hall–Kier alpha value is -4.13. The molecule has 0 spiro atoms. The van der Waals surface area contributed by atoms with Gasteiger partial charge in [-0.1, -0.05) is 60.7 Å². The van der Waals surface area contributed by atoms with E-state index in [4.69, 9.17) is 4.74 Å². The molecule has 0 unspecified atom stereocenters. The average Bonchev–Trinajstić information content (AvgIpc) is 3.23. The summed E-state index contributed by atoms with van der Waals surface area (Å²) in [5.41, 5.74) is 5.31. The highest BCUT2D eigenvalue weighted by Gasteiger charge is 2.25. The predicted molar refractivity (Wildman–Crippen MR) is 134 cm³/mol. The van der Waals surface area contributed by atoms with Gasteiger partial charge in [0.15, 0.2) is 0 Å². The smallest absolute Gasteiger partial charge is 0.410 e. The van der Waals surface area contributed by atoms with Crippen LogP contribution >= 0.6 is 0 Å². The van der Waals surface area contributed by atoms with Crippen molar-refractivity contribution in [3.63, 3.8) is 0 Å². The lowest BCUT2D eigenvalue weighted by Crippen LogP contribution is -2.46. The van der Waals surface area contributed by atoms with Gasteiger partial charge in [0.2, 0.25) is 0 Å². The third-order valence-corrected chi connectivity index (χ3v) is 6.40. The molecule has 2 aromatic heterocycles. The van der Waals surface area contributed by atoms with Gasteiger partial charge in [-0.3, -0.25) is 9.20 Å². The van der Waals surface area contributed by atoms with Crippen LogP contribution in [-0.2, 0) is 11.3 Å². The van der Waals surface area contributed by atoms with Gasteiger partial charge < -0.3 is 15.0 Å². The lowest BCUT2D eigenvalue weighted by atomic mass is 10.0. The summed E-state index contributed by atoms with van der Waals surface area (Å²) in [5, 5.41) is 3.13. The van der Waals surface area contributed by atoms with Gasteiger partial charge in [-0.05, 0) is 37.5 Å². The first-order chi connectivity index (χ1) is 17.1. The molecular weight excluding hydrogens is 440 g/mol. The molecule has 0 bridgehead atoms.